The number of rotatable bonds is 16. The van der Waals surface area contributed by atoms with Crippen LogP contribution in [0.4, 0.5) is 0 Å². The normalized spacial score (nSPS) is 15.8. The first kappa shape index (κ1) is 41.6. The number of carbonyl (C=O) groups is 4. The molecule has 0 aliphatic heterocycles. The number of aryl methyl sites for hydroxylation is 1. The van der Waals surface area contributed by atoms with Crippen LogP contribution >= 0.6 is 0 Å². The first-order chi connectivity index (χ1) is 24.6. The van der Waals surface area contributed by atoms with Crippen LogP contribution in [0, 0.1) is 11.8 Å². The average molecular weight is 726 g/mol. The lowest BCUT2D eigenvalue weighted by Gasteiger charge is -2.27. The maximum Gasteiger partial charge on any atom is 0.243 e. The summed E-state index contributed by atoms with van der Waals surface area (Å²) >= 11 is 0. The van der Waals surface area contributed by atoms with Gasteiger partial charge in [-0.15, -0.1) is 0 Å². The molecule has 286 valence electrons. The highest BCUT2D eigenvalue weighted by Gasteiger charge is 2.33. The highest BCUT2D eigenvalue weighted by Crippen LogP contribution is 2.50. The zero-order chi connectivity index (χ0) is 38.9. The lowest BCUT2D eigenvalue weighted by molar-refractivity contribution is -0.134. The van der Waals surface area contributed by atoms with Gasteiger partial charge in [0.25, 0.3) is 0 Å². The van der Waals surface area contributed by atoms with Crippen molar-refractivity contribution in [2.45, 2.75) is 97.4 Å². The summed E-state index contributed by atoms with van der Waals surface area (Å²) in [5, 5.41) is 11.2. The minimum Gasteiger partial charge on any atom is -0.493 e. The predicted molar refractivity (Wildman–Crippen MR) is 198 cm³/mol. The van der Waals surface area contributed by atoms with Gasteiger partial charge in [0, 0.05) is 5.56 Å². The fourth-order valence-electron chi connectivity index (χ4n) is 6.27. The molecule has 5 unspecified atom stereocenters. The van der Waals surface area contributed by atoms with Crippen molar-refractivity contribution < 1.29 is 38.1 Å². The third-order valence-electron chi connectivity index (χ3n) is 8.88. The molecule has 0 saturated carbocycles. The van der Waals surface area contributed by atoms with Crippen molar-refractivity contribution in [3.63, 3.8) is 0 Å². The van der Waals surface area contributed by atoms with E-state index in [0.717, 1.165) is 5.56 Å². The quantitative estimate of drug-likeness (QED) is 0.172. The molecule has 2 aromatic carbocycles. The van der Waals surface area contributed by atoms with E-state index in [9.17, 15) is 24.0 Å². The second kappa shape index (κ2) is 18.6. The minimum atomic E-state index is -1.03. The van der Waals surface area contributed by atoms with Crippen LogP contribution in [-0.2, 0) is 25.6 Å². The highest BCUT2D eigenvalue weighted by atomic mass is 16.5. The van der Waals surface area contributed by atoms with Gasteiger partial charge < -0.3 is 45.9 Å². The fourth-order valence-corrected chi connectivity index (χ4v) is 6.27. The van der Waals surface area contributed by atoms with Crippen molar-refractivity contribution >= 4 is 23.6 Å². The van der Waals surface area contributed by atoms with Crippen molar-refractivity contribution in [2.75, 3.05) is 28.4 Å². The maximum absolute atomic E-state index is 14.1. The summed E-state index contributed by atoms with van der Waals surface area (Å²) in [5.74, 6) is -0.598. The lowest BCUT2D eigenvalue weighted by atomic mass is 9.95. The second-order valence-electron chi connectivity index (χ2n) is 14.0. The molecule has 0 radical (unpaired) electrons. The molecule has 3 rings (SSSR count). The minimum absolute atomic E-state index is 0.00926. The Hall–Kier alpha value is -4.85. The van der Waals surface area contributed by atoms with Gasteiger partial charge in [-0.3, -0.25) is 24.0 Å². The molecule has 14 nitrogen and oxygen atoms in total. The van der Waals surface area contributed by atoms with E-state index < -0.39 is 53.8 Å². The number of amides is 4. The van der Waals surface area contributed by atoms with Crippen molar-refractivity contribution in [2.24, 2.45) is 17.6 Å². The molecule has 0 heterocycles. The number of nitrogens with two attached hydrogens (primary N) is 1. The molecule has 0 spiro atoms. The third kappa shape index (κ3) is 10.1. The maximum atomic E-state index is 14.1. The molecule has 0 aromatic heterocycles. The first-order valence-electron chi connectivity index (χ1n) is 17.6. The lowest BCUT2D eigenvalue weighted by Crippen LogP contribution is -2.57. The zero-order valence-electron chi connectivity index (χ0n) is 31.9. The van der Waals surface area contributed by atoms with Crippen LogP contribution < -0.4 is 51.4 Å². The Balaban J connectivity index is 1.96. The number of nitrogens with one attached hydrogen (secondary N) is 4. The van der Waals surface area contributed by atoms with Gasteiger partial charge in [-0.2, -0.15) is 0 Å². The van der Waals surface area contributed by atoms with Crippen LogP contribution in [0.5, 0.6) is 23.0 Å². The first-order valence-corrected chi connectivity index (χ1v) is 17.6. The SMILES string of the molecule is COc1cc2c(c(OC)c1OC)-c1ccc(OC)c(=O)cc1C(NC(=O)C(CC(C)C)NC(=O)C(C)NC(=O)C(CC(C)C)NC(=O)C(C)N)CC2. The van der Waals surface area contributed by atoms with E-state index >= 15 is 0 Å². The van der Waals surface area contributed by atoms with E-state index in [2.05, 4.69) is 21.3 Å². The third-order valence-corrected chi connectivity index (χ3v) is 8.88. The Labute approximate surface area is 305 Å². The van der Waals surface area contributed by atoms with E-state index in [1.165, 1.54) is 48.4 Å². The average Bonchev–Trinajstić information content (AvgIpc) is 3.33. The van der Waals surface area contributed by atoms with Crippen LogP contribution in [0.2, 0.25) is 0 Å². The highest BCUT2D eigenvalue weighted by molar-refractivity contribution is 5.94. The molecular formula is C38H55N5O9. The number of ether oxygens (including phenoxy) is 4. The fraction of sp³-hybridized carbons (Fsp3) is 0.553. The largest absolute Gasteiger partial charge is 0.493 e. The Morgan fingerprint density at radius 1 is 0.731 bits per heavy atom. The van der Waals surface area contributed by atoms with E-state index in [1.807, 2.05) is 33.8 Å². The van der Waals surface area contributed by atoms with Gasteiger partial charge in [0.05, 0.1) is 40.5 Å². The molecule has 2 aromatic rings. The van der Waals surface area contributed by atoms with Gasteiger partial charge in [-0.1, -0.05) is 33.8 Å². The number of methoxy groups -OCH3 is 4. The van der Waals surface area contributed by atoms with Crippen LogP contribution in [0.1, 0.15) is 78.0 Å². The summed E-state index contributed by atoms with van der Waals surface area (Å²) in [6.07, 6.45) is 1.51. The van der Waals surface area contributed by atoms with E-state index in [4.69, 9.17) is 24.7 Å². The molecule has 0 bridgehead atoms. The Morgan fingerprint density at radius 2 is 1.31 bits per heavy atom. The number of hydrogen-bond acceptors (Lipinski definition) is 10. The van der Waals surface area contributed by atoms with Gasteiger partial charge in [0.1, 0.15) is 18.1 Å². The van der Waals surface area contributed by atoms with E-state index in [0.29, 0.717) is 59.6 Å². The number of fused-ring (bicyclic) bond motifs is 3. The van der Waals surface area contributed by atoms with Gasteiger partial charge in [-0.05, 0) is 86.3 Å². The van der Waals surface area contributed by atoms with Gasteiger partial charge in [0.15, 0.2) is 17.2 Å². The Bertz CT molecular complexity index is 1680. The second-order valence-corrected chi connectivity index (χ2v) is 14.0. The van der Waals surface area contributed by atoms with Crippen molar-refractivity contribution in [3.05, 3.63) is 45.6 Å². The van der Waals surface area contributed by atoms with Crippen LogP contribution in [0.25, 0.3) is 11.1 Å². The van der Waals surface area contributed by atoms with Crippen molar-refractivity contribution in [1.82, 2.24) is 21.3 Å². The molecular weight excluding hydrogens is 670 g/mol. The standard InChI is InChI=1S/C38H55N5O9/c1-19(2)15-27(42-35(45)21(5)39)37(47)40-22(6)36(46)43-28(16-20(3)4)38(48)41-26-13-11-23-17-31(50-8)33(51-9)34(52-10)32(23)24-12-14-30(49-7)29(44)18-25(24)26/h12,14,17-22,26-28H,11,13,15-16,39H2,1-10H3,(H,40,47)(H,41,48)(H,42,45)(H,43,46). The Morgan fingerprint density at radius 3 is 1.85 bits per heavy atom. The Kier molecular flexibility index (Phi) is 14.9. The summed E-state index contributed by atoms with van der Waals surface area (Å²) < 4.78 is 22.5. The topological polar surface area (TPSA) is 196 Å². The number of carbonyl (C=O) groups excluding carboxylic acids is 4. The molecule has 0 saturated heterocycles. The monoisotopic (exact) mass is 725 g/mol. The predicted octanol–water partition coefficient (Wildman–Crippen LogP) is 2.77. The number of hydrogen-bond donors (Lipinski definition) is 5. The zero-order valence-corrected chi connectivity index (χ0v) is 31.9. The van der Waals surface area contributed by atoms with Crippen LogP contribution in [0.15, 0.2) is 29.1 Å². The van der Waals surface area contributed by atoms with Gasteiger partial charge >= 0.3 is 0 Å². The van der Waals surface area contributed by atoms with Crippen molar-refractivity contribution in [1.29, 1.82) is 0 Å². The number of benzene rings is 1. The van der Waals surface area contributed by atoms with Crippen LogP contribution in [-0.4, -0.2) is 76.2 Å². The molecule has 14 heteroatoms. The molecule has 6 N–H and O–H groups in total. The van der Waals surface area contributed by atoms with Crippen LogP contribution in [0.3, 0.4) is 0 Å². The van der Waals surface area contributed by atoms with Crippen molar-refractivity contribution in [3.8, 4) is 34.1 Å². The molecule has 4 amide bonds. The molecule has 52 heavy (non-hydrogen) atoms. The molecule has 1 aliphatic rings. The van der Waals surface area contributed by atoms with Gasteiger partial charge in [-0.25, -0.2) is 0 Å². The summed E-state index contributed by atoms with van der Waals surface area (Å²) in [6, 6.07) is 2.28. The summed E-state index contributed by atoms with van der Waals surface area (Å²) in [6.45, 7) is 10.7. The summed E-state index contributed by atoms with van der Waals surface area (Å²) in [4.78, 5) is 66.4. The summed E-state index contributed by atoms with van der Waals surface area (Å²) in [7, 11) is 5.98. The van der Waals surface area contributed by atoms with E-state index in [-0.39, 0.29) is 23.0 Å². The smallest absolute Gasteiger partial charge is 0.243 e. The van der Waals surface area contributed by atoms with Gasteiger partial charge in [0.2, 0.25) is 34.8 Å². The van der Waals surface area contributed by atoms with E-state index in [1.54, 1.807) is 12.1 Å². The molecule has 1 aliphatic carbocycles. The summed E-state index contributed by atoms with van der Waals surface area (Å²) in [5.41, 5.74) is 8.02. The molecule has 0 fully saturated rings. The molecule has 5 atom stereocenters.